The fraction of sp³-hybridized carbons (Fsp3) is 0.294. The van der Waals surface area contributed by atoms with Gasteiger partial charge in [-0.05, 0) is 62.2 Å². The quantitative estimate of drug-likeness (QED) is 0.111. The van der Waals surface area contributed by atoms with Gasteiger partial charge in [0, 0.05) is 0 Å². The lowest BCUT2D eigenvalue weighted by atomic mass is 10.1. The zero-order valence-electron chi connectivity index (χ0n) is 21.5. The molecule has 0 radical (unpaired) electrons. The van der Waals surface area contributed by atoms with Crippen LogP contribution in [0.15, 0.2) is 121 Å². The molecule has 0 aromatic heterocycles. The Balaban J connectivity index is 1.13. The maximum absolute atomic E-state index is 2.32. The minimum Gasteiger partial charge on any atom is -0.0622 e. The minimum absolute atomic E-state index is 0.227. The largest absolute Gasteiger partial charge is 0.0622 e. The van der Waals surface area contributed by atoms with E-state index in [-0.39, 0.29) is 15.8 Å². The highest BCUT2D eigenvalue weighted by Crippen LogP contribution is 2.36. The summed E-state index contributed by atoms with van der Waals surface area (Å²) >= 11 is 0. The van der Waals surface area contributed by atoms with Gasteiger partial charge >= 0.3 is 0 Å². The molecule has 2 heteroatoms. The summed E-state index contributed by atoms with van der Waals surface area (Å²) in [5.41, 5.74) is 0. The van der Waals surface area contributed by atoms with Crippen LogP contribution in [0.25, 0.3) is 0 Å². The number of unbranched alkanes of at least 4 members (excludes halogenated alkanes) is 7. The van der Waals surface area contributed by atoms with Crippen LogP contribution in [0.1, 0.15) is 51.4 Å². The standard InChI is InChI=1S/C34H40P2/c1(3-5-19-29-35(31-21-11-7-12-22-31)32-23-13-8-14-24-32)2-4-6-20-30-36(33-25-15-9-16-26-33)34-27-17-10-18-28-34/h7-18,21-28H,1-6,19-20,29-30H2. The first-order valence-electron chi connectivity index (χ1n) is 13.7. The van der Waals surface area contributed by atoms with Gasteiger partial charge in [-0.3, -0.25) is 0 Å². The van der Waals surface area contributed by atoms with Crippen molar-refractivity contribution in [1.29, 1.82) is 0 Å². The summed E-state index contributed by atoms with van der Waals surface area (Å²) < 4.78 is 0. The fourth-order valence-electron chi connectivity index (χ4n) is 4.85. The van der Waals surface area contributed by atoms with Crippen molar-refractivity contribution in [3.63, 3.8) is 0 Å². The molecule has 0 saturated heterocycles. The van der Waals surface area contributed by atoms with E-state index in [0.717, 1.165) is 0 Å². The van der Waals surface area contributed by atoms with E-state index in [9.17, 15) is 0 Å². The van der Waals surface area contributed by atoms with E-state index in [2.05, 4.69) is 121 Å². The Morgan fingerprint density at radius 3 is 0.750 bits per heavy atom. The van der Waals surface area contributed by atoms with Crippen LogP contribution in [0.3, 0.4) is 0 Å². The van der Waals surface area contributed by atoms with Gasteiger partial charge in [-0.1, -0.05) is 160 Å². The SMILES string of the molecule is c1ccc(P(CCCCCCCCCCP(c2ccccc2)c2ccccc2)c2ccccc2)cc1. The van der Waals surface area contributed by atoms with Crippen molar-refractivity contribution in [3.8, 4) is 0 Å². The molecule has 0 heterocycles. The molecule has 0 bridgehead atoms. The summed E-state index contributed by atoms with van der Waals surface area (Å²) in [6, 6.07) is 44.6. The highest BCUT2D eigenvalue weighted by atomic mass is 31.1. The predicted molar refractivity (Wildman–Crippen MR) is 165 cm³/mol. The van der Waals surface area contributed by atoms with Crippen LogP contribution in [0.5, 0.6) is 0 Å². The molecule has 4 rings (SSSR count). The first-order valence-corrected chi connectivity index (χ1v) is 16.7. The van der Waals surface area contributed by atoms with E-state index in [1.165, 1.54) is 84.9 Å². The van der Waals surface area contributed by atoms with Crippen molar-refractivity contribution in [2.45, 2.75) is 51.4 Å². The zero-order valence-corrected chi connectivity index (χ0v) is 23.3. The van der Waals surface area contributed by atoms with E-state index in [0.29, 0.717) is 0 Å². The van der Waals surface area contributed by atoms with Crippen LogP contribution in [0, 0.1) is 0 Å². The normalized spacial score (nSPS) is 11.3. The molecule has 4 aromatic rings. The number of benzene rings is 4. The molecule has 0 unspecified atom stereocenters. The molecule has 0 saturated carbocycles. The van der Waals surface area contributed by atoms with E-state index in [4.69, 9.17) is 0 Å². The zero-order chi connectivity index (χ0) is 24.7. The summed E-state index contributed by atoms with van der Waals surface area (Å²) in [6.07, 6.45) is 13.6. The van der Waals surface area contributed by atoms with Gasteiger partial charge in [0.25, 0.3) is 0 Å². The maximum atomic E-state index is 2.32. The Bertz CT molecular complexity index is 911. The van der Waals surface area contributed by atoms with Gasteiger partial charge in [-0.2, -0.15) is 0 Å². The molecule has 0 aliphatic rings. The monoisotopic (exact) mass is 510 g/mol. The molecule has 0 aliphatic heterocycles. The molecule has 186 valence electrons. The summed E-state index contributed by atoms with van der Waals surface area (Å²) in [5, 5.41) is 6.07. The third-order valence-corrected chi connectivity index (χ3v) is 12.0. The van der Waals surface area contributed by atoms with Crippen LogP contribution in [0.2, 0.25) is 0 Å². The van der Waals surface area contributed by atoms with Gasteiger partial charge in [-0.15, -0.1) is 0 Å². The molecule has 0 atom stereocenters. The van der Waals surface area contributed by atoms with Gasteiger partial charge in [0.05, 0.1) is 0 Å². The van der Waals surface area contributed by atoms with Crippen LogP contribution in [-0.2, 0) is 0 Å². The summed E-state index contributed by atoms with van der Waals surface area (Å²) in [7, 11) is -0.453. The second-order valence-electron chi connectivity index (χ2n) is 9.47. The Labute approximate surface area is 221 Å². The summed E-state index contributed by atoms with van der Waals surface area (Å²) in [6.45, 7) is 0. The van der Waals surface area contributed by atoms with Crippen LogP contribution in [-0.4, -0.2) is 12.3 Å². The van der Waals surface area contributed by atoms with Crippen molar-refractivity contribution < 1.29 is 0 Å². The first-order chi connectivity index (χ1) is 17.9. The van der Waals surface area contributed by atoms with Gasteiger partial charge in [0.15, 0.2) is 0 Å². The summed E-state index contributed by atoms with van der Waals surface area (Å²) in [5.74, 6) is 0. The summed E-state index contributed by atoms with van der Waals surface area (Å²) in [4.78, 5) is 0. The number of rotatable bonds is 15. The molecular formula is C34H40P2. The van der Waals surface area contributed by atoms with Gasteiger partial charge in [0.2, 0.25) is 0 Å². The van der Waals surface area contributed by atoms with Crippen molar-refractivity contribution >= 4 is 37.1 Å². The van der Waals surface area contributed by atoms with E-state index >= 15 is 0 Å². The van der Waals surface area contributed by atoms with E-state index in [1.807, 2.05) is 0 Å². The van der Waals surface area contributed by atoms with Gasteiger partial charge < -0.3 is 0 Å². The molecular weight excluding hydrogens is 470 g/mol. The molecule has 0 nitrogen and oxygen atoms in total. The third kappa shape index (κ3) is 8.69. The second kappa shape index (κ2) is 15.8. The molecule has 0 aliphatic carbocycles. The molecule has 0 amide bonds. The van der Waals surface area contributed by atoms with E-state index < -0.39 is 0 Å². The molecule has 4 aromatic carbocycles. The predicted octanol–water partition coefficient (Wildman–Crippen LogP) is 8.37. The first kappa shape index (κ1) is 26.8. The van der Waals surface area contributed by atoms with Crippen LogP contribution >= 0.6 is 15.8 Å². The number of hydrogen-bond acceptors (Lipinski definition) is 0. The lowest BCUT2D eigenvalue weighted by molar-refractivity contribution is 0.587. The average Bonchev–Trinajstić information content (AvgIpc) is 2.96. The lowest BCUT2D eigenvalue weighted by Crippen LogP contribution is -2.13. The number of hydrogen-bond donors (Lipinski definition) is 0. The second-order valence-corrected chi connectivity index (χ2v) is 14.1. The third-order valence-electron chi connectivity index (χ3n) is 6.78. The van der Waals surface area contributed by atoms with Crippen molar-refractivity contribution in [3.05, 3.63) is 121 Å². The van der Waals surface area contributed by atoms with Gasteiger partial charge in [0.1, 0.15) is 0 Å². The highest BCUT2D eigenvalue weighted by molar-refractivity contribution is 7.73. The Morgan fingerprint density at radius 1 is 0.278 bits per heavy atom. The average molecular weight is 511 g/mol. The molecule has 0 N–H and O–H groups in total. The Morgan fingerprint density at radius 2 is 0.500 bits per heavy atom. The maximum Gasteiger partial charge on any atom is -0.0195 e. The highest BCUT2D eigenvalue weighted by Gasteiger charge is 2.13. The van der Waals surface area contributed by atoms with Crippen LogP contribution < -0.4 is 21.2 Å². The molecule has 0 fully saturated rings. The molecule has 36 heavy (non-hydrogen) atoms. The van der Waals surface area contributed by atoms with Crippen molar-refractivity contribution in [2.24, 2.45) is 0 Å². The Kier molecular flexibility index (Phi) is 11.7. The van der Waals surface area contributed by atoms with Crippen molar-refractivity contribution in [2.75, 3.05) is 12.3 Å². The topological polar surface area (TPSA) is 0 Å². The Hall–Kier alpha value is -2.26. The lowest BCUT2D eigenvalue weighted by Gasteiger charge is -2.19. The minimum atomic E-state index is -0.227. The van der Waals surface area contributed by atoms with Crippen molar-refractivity contribution in [1.82, 2.24) is 0 Å². The smallest absolute Gasteiger partial charge is 0.0195 e. The fourth-order valence-corrected chi connectivity index (χ4v) is 9.68. The molecule has 0 spiro atoms. The van der Waals surface area contributed by atoms with Gasteiger partial charge in [-0.25, -0.2) is 0 Å². The van der Waals surface area contributed by atoms with Crippen LogP contribution in [0.4, 0.5) is 0 Å². The van der Waals surface area contributed by atoms with E-state index in [1.54, 1.807) is 0 Å².